The number of aromatic nitrogens is 2. The third-order valence-corrected chi connectivity index (χ3v) is 4.74. The van der Waals surface area contributed by atoms with Gasteiger partial charge < -0.3 is 14.5 Å². The van der Waals surface area contributed by atoms with Crippen LogP contribution >= 0.6 is 11.6 Å². The highest BCUT2D eigenvalue weighted by atomic mass is 35.5. The maximum atomic E-state index is 12.5. The summed E-state index contributed by atoms with van der Waals surface area (Å²) in [5.41, 5.74) is 1.16. The van der Waals surface area contributed by atoms with E-state index in [0.717, 1.165) is 31.1 Å². The molecular formula is C18H23ClN4O2. The van der Waals surface area contributed by atoms with Gasteiger partial charge in [0.2, 0.25) is 5.91 Å². The average molecular weight is 363 g/mol. The minimum absolute atomic E-state index is 0.161. The topological polar surface area (TPSA) is 50.6 Å². The van der Waals surface area contributed by atoms with Crippen molar-refractivity contribution in [1.82, 2.24) is 14.7 Å². The van der Waals surface area contributed by atoms with Crippen molar-refractivity contribution < 1.29 is 9.53 Å². The van der Waals surface area contributed by atoms with Crippen LogP contribution in [0.3, 0.4) is 0 Å². The van der Waals surface area contributed by atoms with Gasteiger partial charge in [0.15, 0.2) is 0 Å². The Morgan fingerprint density at radius 1 is 1.32 bits per heavy atom. The van der Waals surface area contributed by atoms with E-state index in [2.05, 4.69) is 29.1 Å². The number of halogens is 1. The number of anilines is 1. The van der Waals surface area contributed by atoms with E-state index < -0.39 is 0 Å². The van der Waals surface area contributed by atoms with Gasteiger partial charge >= 0.3 is 0 Å². The van der Waals surface area contributed by atoms with Crippen molar-refractivity contribution >= 4 is 23.2 Å². The molecule has 1 amide bonds. The highest BCUT2D eigenvalue weighted by Gasteiger charge is 2.27. The SMILES string of the molecule is COc1ccc(N2CCN(C(=O)CCn3cc(Cl)cn3)[C@@H](C)C2)cc1. The zero-order valence-corrected chi connectivity index (χ0v) is 15.3. The predicted molar refractivity (Wildman–Crippen MR) is 98.2 cm³/mol. The second-order valence-corrected chi connectivity index (χ2v) is 6.69. The summed E-state index contributed by atoms with van der Waals surface area (Å²) in [6.45, 7) is 5.03. The molecule has 1 saturated heterocycles. The molecule has 1 aliphatic heterocycles. The average Bonchev–Trinajstić information content (AvgIpc) is 3.05. The lowest BCUT2D eigenvalue weighted by Crippen LogP contribution is -2.54. The monoisotopic (exact) mass is 362 g/mol. The molecule has 1 atom stereocenters. The van der Waals surface area contributed by atoms with E-state index in [1.807, 2.05) is 17.0 Å². The first kappa shape index (κ1) is 17.6. The van der Waals surface area contributed by atoms with Crippen molar-refractivity contribution in [3.63, 3.8) is 0 Å². The van der Waals surface area contributed by atoms with Crippen LogP contribution in [0, 0.1) is 0 Å². The number of benzene rings is 1. The molecule has 2 heterocycles. The first-order valence-corrected chi connectivity index (χ1v) is 8.81. The fraction of sp³-hybridized carbons (Fsp3) is 0.444. The van der Waals surface area contributed by atoms with Gasteiger partial charge in [0.1, 0.15) is 5.75 Å². The van der Waals surface area contributed by atoms with Gasteiger partial charge in [0.05, 0.1) is 18.3 Å². The minimum Gasteiger partial charge on any atom is -0.497 e. The van der Waals surface area contributed by atoms with E-state index in [1.54, 1.807) is 24.2 Å². The molecule has 134 valence electrons. The van der Waals surface area contributed by atoms with Crippen LogP contribution < -0.4 is 9.64 Å². The van der Waals surface area contributed by atoms with Gasteiger partial charge in [-0.1, -0.05) is 11.6 Å². The van der Waals surface area contributed by atoms with Crippen molar-refractivity contribution in [3.05, 3.63) is 41.7 Å². The number of nitrogens with zero attached hydrogens (tertiary/aromatic N) is 4. The molecule has 1 fully saturated rings. The molecule has 0 aliphatic carbocycles. The lowest BCUT2D eigenvalue weighted by molar-refractivity contribution is -0.133. The van der Waals surface area contributed by atoms with Crippen LogP contribution in [0.25, 0.3) is 0 Å². The highest BCUT2D eigenvalue weighted by molar-refractivity contribution is 6.30. The molecule has 3 rings (SSSR count). The summed E-state index contributed by atoms with van der Waals surface area (Å²) in [4.78, 5) is 16.8. The Balaban J connectivity index is 1.54. The molecule has 1 aromatic carbocycles. The van der Waals surface area contributed by atoms with Crippen molar-refractivity contribution in [2.45, 2.75) is 25.9 Å². The number of amides is 1. The van der Waals surface area contributed by atoms with E-state index in [-0.39, 0.29) is 11.9 Å². The van der Waals surface area contributed by atoms with Crippen LogP contribution in [0.4, 0.5) is 5.69 Å². The zero-order valence-electron chi connectivity index (χ0n) is 14.6. The fourth-order valence-corrected chi connectivity index (χ4v) is 3.33. The van der Waals surface area contributed by atoms with Gasteiger partial charge in [0.25, 0.3) is 0 Å². The molecule has 25 heavy (non-hydrogen) atoms. The van der Waals surface area contributed by atoms with Gasteiger partial charge in [-0.15, -0.1) is 0 Å². The molecule has 1 aliphatic rings. The summed E-state index contributed by atoms with van der Waals surface area (Å²) >= 11 is 5.85. The number of hydrogen-bond acceptors (Lipinski definition) is 4. The number of piperazine rings is 1. The van der Waals surface area contributed by atoms with Crippen molar-refractivity contribution in [3.8, 4) is 5.75 Å². The standard InChI is InChI=1S/C18H23ClN4O2/c1-14-12-21(16-3-5-17(25-2)6-4-16)9-10-23(14)18(24)7-8-22-13-15(19)11-20-22/h3-6,11,13-14H,7-10,12H2,1-2H3/t14-/m0/s1. The Morgan fingerprint density at radius 3 is 2.68 bits per heavy atom. The lowest BCUT2D eigenvalue weighted by atomic mass is 10.1. The van der Waals surface area contributed by atoms with Crippen molar-refractivity contribution in [2.24, 2.45) is 0 Å². The Kier molecular flexibility index (Phi) is 5.48. The van der Waals surface area contributed by atoms with Gasteiger partial charge in [-0.05, 0) is 31.2 Å². The fourth-order valence-electron chi connectivity index (χ4n) is 3.17. The van der Waals surface area contributed by atoms with E-state index in [1.165, 1.54) is 0 Å². The van der Waals surface area contributed by atoms with Crippen LogP contribution in [0.2, 0.25) is 5.02 Å². The second kappa shape index (κ2) is 7.78. The van der Waals surface area contributed by atoms with Crippen LogP contribution in [-0.2, 0) is 11.3 Å². The summed E-state index contributed by atoms with van der Waals surface area (Å²) in [6, 6.07) is 8.22. The van der Waals surface area contributed by atoms with E-state index in [9.17, 15) is 4.79 Å². The van der Waals surface area contributed by atoms with Gasteiger partial charge in [-0.2, -0.15) is 5.10 Å². The number of carbonyl (C=O) groups is 1. The number of carbonyl (C=O) groups excluding carboxylic acids is 1. The quantitative estimate of drug-likeness (QED) is 0.820. The number of ether oxygens (including phenoxy) is 1. The first-order valence-electron chi connectivity index (χ1n) is 8.43. The van der Waals surface area contributed by atoms with Crippen LogP contribution in [-0.4, -0.2) is 53.4 Å². The van der Waals surface area contributed by atoms with Crippen molar-refractivity contribution in [2.75, 3.05) is 31.6 Å². The normalized spacial score (nSPS) is 17.6. The molecule has 0 unspecified atom stereocenters. The number of aryl methyl sites for hydroxylation is 1. The van der Waals surface area contributed by atoms with Crippen LogP contribution in [0.1, 0.15) is 13.3 Å². The molecule has 7 heteroatoms. The molecule has 0 spiro atoms. The number of hydrogen-bond donors (Lipinski definition) is 0. The van der Waals surface area contributed by atoms with Gasteiger partial charge in [0, 0.05) is 50.5 Å². The van der Waals surface area contributed by atoms with E-state index in [4.69, 9.17) is 16.3 Å². The third-order valence-electron chi connectivity index (χ3n) is 4.54. The summed E-state index contributed by atoms with van der Waals surface area (Å²) < 4.78 is 6.91. The molecule has 2 aromatic rings. The van der Waals surface area contributed by atoms with Crippen molar-refractivity contribution in [1.29, 1.82) is 0 Å². The largest absolute Gasteiger partial charge is 0.497 e. The Labute approximate surface area is 152 Å². The first-order chi connectivity index (χ1) is 12.1. The second-order valence-electron chi connectivity index (χ2n) is 6.25. The summed E-state index contributed by atoms with van der Waals surface area (Å²) in [5.74, 6) is 1.01. The Bertz CT molecular complexity index is 716. The van der Waals surface area contributed by atoms with Gasteiger partial charge in [-0.3, -0.25) is 9.48 Å². The maximum absolute atomic E-state index is 12.5. The van der Waals surface area contributed by atoms with E-state index in [0.29, 0.717) is 18.0 Å². The summed E-state index contributed by atoms with van der Waals surface area (Å²) in [7, 11) is 1.67. The zero-order chi connectivity index (χ0) is 17.8. The molecule has 0 N–H and O–H groups in total. The van der Waals surface area contributed by atoms with Gasteiger partial charge in [-0.25, -0.2) is 0 Å². The Hall–Kier alpha value is -2.21. The molecule has 6 nitrogen and oxygen atoms in total. The molecule has 0 radical (unpaired) electrons. The van der Waals surface area contributed by atoms with Crippen LogP contribution in [0.15, 0.2) is 36.7 Å². The summed E-state index contributed by atoms with van der Waals surface area (Å²) in [5, 5.41) is 4.70. The minimum atomic E-state index is 0.161. The number of rotatable bonds is 5. The van der Waals surface area contributed by atoms with Crippen LogP contribution in [0.5, 0.6) is 5.75 Å². The molecule has 1 aromatic heterocycles. The maximum Gasteiger partial charge on any atom is 0.224 e. The molecule has 0 saturated carbocycles. The predicted octanol–water partition coefficient (Wildman–Crippen LogP) is 2.67. The number of methoxy groups -OCH3 is 1. The smallest absolute Gasteiger partial charge is 0.224 e. The highest BCUT2D eigenvalue weighted by Crippen LogP contribution is 2.22. The summed E-state index contributed by atoms with van der Waals surface area (Å²) in [6.07, 6.45) is 3.76. The molecule has 0 bridgehead atoms. The van der Waals surface area contributed by atoms with E-state index >= 15 is 0 Å². The third kappa shape index (κ3) is 4.25. The Morgan fingerprint density at radius 2 is 2.08 bits per heavy atom. The molecular weight excluding hydrogens is 340 g/mol. The lowest BCUT2D eigenvalue weighted by Gasteiger charge is -2.41.